The fourth-order valence-electron chi connectivity index (χ4n) is 2.69. The number of rotatable bonds is 4. The van der Waals surface area contributed by atoms with E-state index >= 15 is 0 Å². The molecule has 1 aromatic carbocycles. The third-order valence-corrected chi connectivity index (χ3v) is 5.42. The zero-order valence-corrected chi connectivity index (χ0v) is 16.3. The standard InChI is InChI=1S/C19H14N4O3S2/c1-26-13-2-3-15-14(9-13)12(10-21-15)8-16-18(25)23(19(27)28-16)22-17(24)11-4-6-20-7-5-11/h2-10,25H,1H3,(H,22,24). The van der Waals surface area contributed by atoms with Gasteiger partial charge in [-0.3, -0.25) is 20.2 Å². The Morgan fingerprint density at radius 2 is 2.11 bits per heavy atom. The van der Waals surface area contributed by atoms with Gasteiger partial charge in [0.25, 0.3) is 5.91 Å². The second-order valence-corrected chi connectivity index (χ2v) is 7.48. The van der Waals surface area contributed by atoms with Gasteiger partial charge in [-0.2, -0.15) is 4.68 Å². The first-order valence-electron chi connectivity index (χ1n) is 8.17. The van der Waals surface area contributed by atoms with E-state index in [1.165, 1.54) is 28.4 Å². The maximum atomic E-state index is 12.3. The van der Waals surface area contributed by atoms with Crippen molar-refractivity contribution in [2.75, 3.05) is 12.5 Å². The van der Waals surface area contributed by atoms with E-state index in [1.807, 2.05) is 18.2 Å². The number of aliphatic imine (C=N–C) groups is 1. The highest BCUT2D eigenvalue weighted by Crippen LogP contribution is 2.37. The summed E-state index contributed by atoms with van der Waals surface area (Å²) >= 11 is 6.48. The van der Waals surface area contributed by atoms with E-state index in [9.17, 15) is 9.90 Å². The van der Waals surface area contributed by atoms with Gasteiger partial charge in [-0.15, -0.1) is 0 Å². The van der Waals surface area contributed by atoms with Crippen LogP contribution in [-0.2, 0) is 0 Å². The van der Waals surface area contributed by atoms with Crippen molar-refractivity contribution in [3.05, 3.63) is 62.7 Å². The van der Waals surface area contributed by atoms with Gasteiger partial charge in [0.1, 0.15) is 5.75 Å². The molecule has 2 N–H and O–H groups in total. The lowest BCUT2D eigenvalue weighted by molar-refractivity contribution is 0.101. The van der Waals surface area contributed by atoms with Gasteiger partial charge < -0.3 is 9.84 Å². The lowest BCUT2D eigenvalue weighted by Gasteiger charge is -2.07. The number of carbonyl (C=O) groups is 1. The fourth-order valence-corrected chi connectivity index (χ4v) is 3.88. The van der Waals surface area contributed by atoms with Gasteiger partial charge >= 0.3 is 0 Å². The molecule has 3 aromatic rings. The average molecular weight is 410 g/mol. The second kappa shape index (κ2) is 7.37. The van der Waals surface area contributed by atoms with Crippen LogP contribution < -0.4 is 10.2 Å². The summed E-state index contributed by atoms with van der Waals surface area (Å²) in [5, 5.41) is 10.6. The number of carbonyl (C=O) groups excluding carboxylic acids is 1. The van der Waals surface area contributed by atoms with Crippen molar-refractivity contribution in [2.45, 2.75) is 0 Å². The van der Waals surface area contributed by atoms with Crippen LogP contribution >= 0.6 is 23.6 Å². The van der Waals surface area contributed by atoms with Crippen LogP contribution in [0, 0.1) is 3.95 Å². The first-order chi connectivity index (χ1) is 13.6. The molecule has 0 saturated carbocycles. The Morgan fingerprint density at radius 3 is 2.86 bits per heavy atom. The molecule has 0 saturated heterocycles. The Labute approximate surface area is 169 Å². The number of hydrogen-bond acceptors (Lipinski definition) is 7. The second-order valence-electron chi connectivity index (χ2n) is 5.81. The zero-order valence-electron chi connectivity index (χ0n) is 14.6. The van der Waals surface area contributed by atoms with Gasteiger partial charge in [0.15, 0.2) is 3.95 Å². The van der Waals surface area contributed by atoms with Gasteiger partial charge in [0, 0.05) is 35.3 Å². The van der Waals surface area contributed by atoms with Crippen LogP contribution in [0.1, 0.15) is 20.8 Å². The minimum Gasteiger partial charge on any atom is -0.497 e. The van der Waals surface area contributed by atoms with Crippen molar-refractivity contribution in [1.82, 2.24) is 9.66 Å². The largest absolute Gasteiger partial charge is 0.497 e. The van der Waals surface area contributed by atoms with Gasteiger partial charge in [-0.1, -0.05) is 11.3 Å². The predicted molar refractivity (Wildman–Crippen MR) is 112 cm³/mol. The van der Waals surface area contributed by atoms with Crippen LogP contribution in [-0.4, -0.2) is 34.0 Å². The third kappa shape index (κ3) is 3.32. The molecule has 0 aliphatic carbocycles. The van der Waals surface area contributed by atoms with E-state index in [0.29, 0.717) is 20.1 Å². The first-order valence-corrected chi connectivity index (χ1v) is 9.39. The Bertz CT molecular complexity index is 1180. The molecule has 0 unspecified atom stereocenters. The summed E-state index contributed by atoms with van der Waals surface area (Å²) < 4.78 is 6.77. The molecule has 0 bridgehead atoms. The molecular weight excluding hydrogens is 396 g/mol. The molecule has 0 radical (unpaired) electrons. The van der Waals surface area contributed by atoms with Crippen LogP contribution in [0.5, 0.6) is 11.6 Å². The lowest BCUT2D eigenvalue weighted by atomic mass is 10.1. The van der Waals surface area contributed by atoms with Gasteiger partial charge in [-0.25, -0.2) is 0 Å². The Morgan fingerprint density at radius 1 is 1.32 bits per heavy atom. The number of nitrogens with one attached hydrogen (secondary N) is 1. The molecule has 140 valence electrons. The molecule has 0 atom stereocenters. The van der Waals surface area contributed by atoms with Crippen LogP contribution in [0.3, 0.4) is 0 Å². The summed E-state index contributed by atoms with van der Waals surface area (Å²) in [5.41, 5.74) is 5.54. The summed E-state index contributed by atoms with van der Waals surface area (Å²) in [5.74, 6) is 0.173. The summed E-state index contributed by atoms with van der Waals surface area (Å²) in [7, 11) is 1.60. The first kappa shape index (κ1) is 18.1. The van der Waals surface area contributed by atoms with Crippen molar-refractivity contribution in [2.24, 2.45) is 4.99 Å². The molecule has 7 nitrogen and oxygen atoms in total. The van der Waals surface area contributed by atoms with Crippen LogP contribution in [0.4, 0.5) is 5.69 Å². The molecule has 1 amide bonds. The highest BCUT2D eigenvalue weighted by Gasteiger charge is 2.17. The molecule has 2 aromatic heterocycles. The molecular formula is C19H14N4O3S2. The van der Waals surface area contributed by atoms with Crippen LogP contribution in [0.25, 0.3) is 11.6 Å². The number of hydrogen-bond donors (Lipinski definition) is 2. The Kier molecular flexibility index (Phi) is 4.76. The van der Waals surface area contributed by atoms with E-state index < -0.39 is 5.91 Å². The monoisotopic (exact) mass is 410 g/mol. The van der Waals surface area contributed by atoms with Crippen LogP contribution in [0.2, 0.25) is 0 Å². The molecule has 28 heavy (non-hydrogen) atoms. The number of amides is 1. The minimum atomic E-state index is -0.400. The topological polar surface area (TPSA) is 88.7 Å². The van der Waals surface area contributed by atoms with Crippen molar-refractivity contribution in [3.63, 3.8) is 0 Å². The molecule has 1 aliphatic rings. The summed E-state index contributed by atoms with van der Waals surface area (Å²) in [4.78, 5) is 21.1. The number of allylic oxidation sites excluding steroid dienone is 1. The van der Waals surface area contributed by atoms with E-state index in [0.717, 1.165) is 16.8 Å². The van der Waals surface area contributed by atoms with E-state index in [4.69, 9.17) is 17.0 Å². The van der Waals surface area contributed by atoms with E-state index in [-0.39, 0.29) is 5.88 Å². The van der Waals surface area contributed by atoms with Gasteiger partial charge in [-0.05, 0) is 48.6 Å². The van der Waals surface area contributed by atoms with E-state index in [2.05, 4.69) is 15.4 Å². The third-order valence-electron chi connectivity index (χ3n) is 4.11. The highest BCUT2D eigenvalue weighted by molar-refractivity contribution is 7.73. The zero-order chi connectivity index (χ0) is 19.7. The molecule has 0 fully saturated rings. The SMILES string of the molecule is COc1ccc2c(c1)C(=Cc1sc(=S)n(NC(=O)c3ccncc3)c1O)C=N2. The number of fused-ring (bicyclic) bond motifs is 1. The number of aromatic hydroxyl groups is 1. The number of methoxy groups -OCH3 is 1. The molecule has 3 heterocycles. The Hall–Kier alpha value is -3.30. The average Bonchev–Trinajstić information content (AvgIpc) is 3.24. The van der Waals surface area contributed by atoms with Crippen molar-refractivity contribution < 1.29 is 14.6 Å². The number of aromatic nitrogens is 2. The number of pyridine rings is 1. The summed E-state index contributed by atoms with van der Waals surface area (Å²) in [6.45, 7) is 0. The number of ether oxygens (including phenoxy) is 1. The smallest absolute Gasteiger partial charge is 0.270 e. The normalized spacial score (nSPS) is 13.5. The van der Waals surface area contributed by atoms with Gasteiger partial charge in [0.05, 0.1) is 17.7 Å². The molecule has 1 aliphatic heterocycles. The quantitative estimate of drug-likeness (QED) is 0.634. The maximum absolute atomic E-state index is 12.3. The Balaban J connectivity index is 1.66. The van der Waals surface area contributed by atoms with Crippen LogP contribution in [0.15, 0.2) is 47.7 Å². The van der Waals surface area contributed by atoms with Crippen molar-refractivity contribution >= 4 is 53.0 Å². The molecule has 9 heteroatoms. The number of nitrogens with zero attached hydrogens (tertiary/aromatic N) is 3. The van der Waals surface area contributed by atoms with Crippen molar-refractivity contribution in [3.8, 4) is 11.6 Å². The predicted octanol–water partition coefficient (Wildman–Crippen LogP) is 4.03. The number of thiazole rings is 1. The molecule has 0 spiro atoms. The highest BCUT2D eigenvalue weighted by atomic mass is 32.1. The maximum Gasteiger partial charge on any atom is 0.270 e. The number of benzene rings is 1. The lowest BCUT2D eigenvalue weighted by Crippen LogP contribution is -2.22. The van der Waals surface area contributed by atoms with E-state index in [1.54, 1.807) is 31.5 Å². The summed E-state index contributed by atoms with van der Waals surface area (Å²) in [6, 6.07) is 8.74. The molecule has 4 rings (SSSR count). The van der Waals surface area contributed by atoms with Gasteiger partial charge in [0.2, 0.25) is 5.88 Å². The van der Waals surface area contributed by atoms with Crippen molar-refractivity contribution in [1.29, 1.82) is 0 Å². The fraction of sp³-hybridized carbons (Fsp3) is 0.0526. The summed E-state index contributed by atoms with van der Waals surface area (Å²) in [6.07, 6.45) is 6.52. The minimum absolute atomic E-state index is 0.144.